The van der Waals surface area contributed by atoms with E-state index in [9.17, 15) is 0 Å². The van der Waals surface area contributed by atoms with Crippen molar-refractivity contribution in [3.05, 3.63) is 48.7 Å². The van der Waals surface area contributed by atoms with Gasteiger partial charge in [-0.2, -0.15) is 0 Å². The van der Waals surface area contributed by atoms with Gasteiger partial charge in [0, 0.05) is 42.0 Å². The zero-order chi connectivity index (χ0) is 20.5. The summed E-state index contributed by atoms with van der Waals surface area (Å²) >= 11 is 0. The number of fused-ring (bicyclic) bond motifs is 2. The average Bonchev–Trinajstić information content (AvgIpc) is 3.39. The van der Waals surface area contributed by atoms with Crippen LogP contribution in [0.15, 0.2) is 43.0 Å². The van der Waals surface area contributed by atoms with Crippen molar-refractivity contribution in [1.82, 2.24) is 24.0 Å². The minimum absolute atomic E-state index is 0.485. The number of anilines is 1. The smallest absolute Gasteiger partial charge is 0.241 e. The van der Waals surface area contributed by atoms with Gasteiger partial charge >= 0.3 is 0 Å². The summed E-state index contributed by atoms with van der Waals surface area (Å²) in [7, 11) is 0. The molecule has 0 spiro atoms. The number of rotatable bonds is 6. The van der Waals surface area contributed by atoms with E-state index < -0.39 is 0 Å². The fraction of sp³-hybridized carbons (Fsp3) is 0.458. The lowest BCUT2D eigenvalue weighted by atomic mass is 9.83. The van der Waals surface area contributed by atoms with E-state index in [0.717, 1.165) is 39.9 Å². The van der Waals surface area contributed by atoms with Crippen LogP contribution in [-0.2, 0) is 0 Å². The molecule has 1 aliphatic rings. The van der Waals surface area contributed by atoms with Gasteiger partial charge in [-0.25, -0.2) is 14.5 Å². The Labute approximate surface area is 177 Å². The zero-order valence-electron chi connectivity index (χ0n) is 17.9. The Morgan fingerprint density at radius 3 is 2.80 bits per heavy atom. The van der Waals surface area contributed by atoms with Gasteiger partial charge in [-0.15, -0.1) is 5.10 Å². The van der Waals surface area contributed by atoms with Crippen LogP contribution in [0.2, 0.25) is 0 Å². The molecule has 0 amide bonds. The minimum atomic E-state index is 0.485. The summed E-state index contributed by atoms with van der Waals surface area (Å²) < 4.78 is 4.01. The number of imidazole rings is 1. The molecule has 4 aromatic rings. The molecule has 4 aromatic heterocycles. The largest absolute Gasteiger partial charge is 0.350 e. The minimum Gasteiger partial charge on any atom is -0.350 e. The first-order chi connectivity index (χ1) is 14.7. The lowest BCUT2D eigenvalue weighted by Gasteiger charge is -2.29. The van der Waals surface area contributed by atoms with Crippen molar-refractivity contribution in [2.45, 2.75) is 64.8 Å². The maximum Gasteiger partial charge on any atom is 0.241 e. The number of nitrogens with zero attached hydrogens (tertiary/aromatic N) is 5. The van der Waals surface area contributed by atoms with E-state index in [1.165, 1.54) is 44.9 Å². The Morgan fingerprint density at radius 2 is 1.97 bits per heavy atom. The molecule has 0 aromatic carbocycles. The van der Waals surface area contributed by atoms with E-state index in [0.29, 0.717) is 6.04 Å². The summed E-state index contributed by atoms with van der Waals surface area (Å²) in [5.41, 5.74) is 5.29. The van der Waals surface area contributed by atoms with Gasteiger partial charge < -0.3 is 9.72 Å². The topological polar surface area (TPSA) is 59.5 Å². The van der Waals surface area contributed by atoms with Gasteiger partial charge in [0.1, 0.15) is 5.65 Å². The van der Waals surface area contributed by atoms with Crippen LogP contribution in [0.25, 0.3) is 22.3 Å². The molecule has 1 fully saturated rings. The van der Waals surface area contributed by atoms with Crippen molar-refractivity contribution >= 4 is 17.1 Å². The molecule has 0 bridgehead atoms. The number of aryl methyl sites for hydroxylation is 1. The van der Waals surface area contributed by atoms with Gasteiger partial charge in [-0.05, 0) is 56.7 Å². The van der Waals surface area contributed by atoms with Crippen molar-refractivity contribution in [2.75, 3.05) is 5.32 Å². The van der Waals surface area contributed by atoms with Gasteiger partial charge in [0.25, 0.3) is 0 Å². The van der Waals surface area contributed by atoms with Gasteiger partial charge in [0.2, 0.25) is 5.95 Å². The van der Waals surface area contributed by atoms with Crippen LogP contribution < -0.4 is 5.32 Å². The number of hydrogen-bond acceptors (Lipinski definition) is 4. The summed E-state index contributed by atoms with van der Waals surface area (Å²) in [6, 6.07) is 6.76. The molecule has 0 unspecified atom stereocenters. The van der Waals surface area contributed by atoms with Gasteiger partial charge in [-0.1, -0.05) is 26.2 Å². The molecule has 4 heterocycles. The van der Waals surface area contributed by atoms with Gasteiger partial charge in [0.15, 0.2) is 0 Å². The lowest BCUT2D eigenvalue weighted by molar-refractivity contribution is 0.314. The Hall–Kier alpha value is -2.89. The number of hydrogen-bond donors (Lipinski definition) is 1. The second-order valence-corrected chi connectivity index (χ2v) is 8.66. The summed E-state index contributed by atoms with van der Waals surface area (Å²) in [5.74, 6) is 1.65. The van der Waals surface area contributed by atoms with Crippen LogP contribution in [0.1, 0.15) is 57.6 Å². The first-order valence-corrected chi connectivity index (χ1v) is 11.3. The number of aromatic nitrogens is 5. The van der Waals surface area contributed by atoms with Crippen LogP contribution in [-0.4, -0.2) is 30.0 Å². The monoisotopic (exact) mass is 402 g/mol. The molecule has 30 heavy (non-hydrogen) atoms. The molecule has 156 valence electrons. The molecule has 0 radical (unpaired) electrons. The summed E-state index contributed by atoms with van der Waals surface area (Å²) in [5, 5.41) is 8.38. The molecule has 1 aliphatic carbocycles. The summed E-state index contributed by atoms with van der Waals surface area (Å²) in [6.07, 6.45) is 17.1. The van der Waals surface area contributed by atoms with Crippen LogP contribution in [0, 0.1) is 12.8 Å². The van der Waals surface area contributed by atoms with Gasteiger partial charge in [-0.3, -0.25) is 0 Å². The van der Waals surface area contributed by atoms with Crippen LogP contribution >= 0.6 is 0 Å². The molecule has 0 atom stereocenters. The Balaban J connectivity index is 1.35. The quantitative estimate of drug-likeness (QED) is 0.462. The highest BCUT2D eigenvalue weighted by Gasteiger charge is 2.22. The van der Waals surface area contributed by atoms with Crippen molar-refractivity contribution in [2.24, 2.45) is 5.92 Å². The van der Waals surface area contributed by atoms with Gasteiger partial charge in [0.05, 0.1) is 11.2 Å². The molecular weight excluding hydrogens is 372 g/mol. The Bertz CT molecular complexity index is 1150. The molecule has 1 saturated carbocycles. The summed E-state index contributed by atoms with van der Waals surface area (Å²) in [6.45, 7) is 4.36. The third kappa shape index (κ3) is 3.66. The highest BCUT2D eigenvalue weighted by molar-refractivity contribution is 5.82. The van der Waals surface area contributed by atoms with Crippen molar-refractivity contribution < 1.29 is 0 Å². The molecule has 6 heteroatoms. The molecule has 5 rings (SSSR count). The third-order valence-electron chi connectivity index (χ3n) is 6.53. The summed E-state index contributed by atoms with van der Waals surface area (Å²) in [4.78, 5) is 9.14. The second-order valence-electron chi connectivity index (χ2n) is 8.66. The predicted molar refractivity (Wildman–Crippen MR) is 121 cm³/mol. The SMILES string of the molecule is CCCCC1CCC(Nc2nc(C)c3c(-c4ccc5nccn5c4)ccn3n2)CC1. The fourth-order valence-electron chi connectivity index (χ4n) is 4.85. The highest BCUT2D eigenvalue weighted by Crippen LogP contribution is 2.31. The predicted octanol–water partition coefficient (Wildman–Crippen LogP) is 5.51. The van der Waals surface area contributed by atoms with E-state index in [4.69, 9.17) is 10.1 Å². The number of nitrogens with one attached hydrogen (secondary N) is 1. The maximum atomic E-state index is 4.81. The Kier molecular flexibility index (Phi) is 5.15. The highest BCUT2D eigenvalue weighted by atomic mass is 15.3. The van der Waals surface area contributed by atoms with E-state index >= 15 is 0 Å². The molecule has 1 N–H and O–H groups in total. The second kappa shape index (κ2) is 8.09. The van der Waals surface area contributed by atoms with E-state index in [2.05, 4.69) is 42.5 Å². The fourth-order valence-corrected chi connectivity index (χ4v) is 4.85. The first-order valence-electron chi connectivity index (χ1n) is 11.3. The number of pyridine rings is 1. The third-order valence-corrected chi connectivity index (χ3v) is 6.53. The molecule has 6 nitrogen and oxygen atoms in total. The Morgan fingerprint density at radius 1 is 1.10 bits per heavy atom. The van der Waals surface area contributed by atoms with E-state index in [-0.39, 0.29) is 0 Å². The zero-order valence-corrected chi connectivity index (χ0v) is 17.9. The molecule has 0 aliphatic heterocycles. The van der Waals surface area contributed by atoms with E-state index in [1.54, 1.807) is 0 Å². The van der Waals surface area contributed by atoms with Crippen LogP contribution in [0.3, 0.4) is 0 Å². The van der Waals surface area contributed by atoms with Crippen LogP contribution in [0.4, 0.5) is 5.95 Å². The lowest BCUT2D eigenvalue weighted by Crippen LogP contribution is -2.27. The van der Waals surface area contributed by atoms with Crippen molar-refractivity contribution in [3.8, 4) is 11.1 Å². The molecule has 0 saturated heterocycles. The maximum absolute atomic E-state index is 4.81. The van der Waals surface area contributed by atoms with Crippen LogP contribution in [0.5, 0.6) is 0 Å². The van der Waals surface area contributed by atoms with Crippen molar-refractivity contribution in [1.29, 1.82) is 0 Å². The van der Waals surface area contributed by atoms with Crippen molar-refractivity contribution in [3.63, 3.8) is 0 Å². The molecular formula is C24H30N6. The first kappa shape index (κ1) is 19.1. The normalized spacial score (nSPS) is 19.5. The average molecular weight is 403 g/mol. The number of unbranched alkanes of at least 4 members (excludes halogenated alkanes) is 1. The standard InChI is InChI=1S/C24H30N6/c1-3-4-5-18-6-9-20(10-7-18)27-24-26-17(2)23-21(12-14-30(23)28-24)19-8-11-22-25-13-15-29(22)16-19/h8,11-16,18,20H,3-7,9-10H2,1-2H3,(H,27,28). The van der Waals surface area contributed by atoms with E-state index in [1.807, 2.05) is 33.6 Å².